The molecule has 0 aliphatic rings. The Morgan fingerprint density at radius 1 is 1.35 bits per heavy atom. The summed E-state index contributed by atoms with van der Waals surface area (Å²) in [6.45, 7) is 2.78. The lowest BCUT2D eigenvalue weighted by molar-refractivity contribution is 0.458. The van der Waals surface area contributed by atoms with Gasteiger partial charge >= 0.3 is 0 Å². The van der Waals surface area contributed by atoms with Gasteiger partial charge in [0.2, 0.25) is 0 Å². The zero-order valence-electron chi connectivity index (χ0n) is 12.2. The Labute approximate surface area is 120 Å². The number of anilines is 1. The fourth-order valence-corrected chi connectivity index (χ4v) is 2.15. The van der Waals surface area contributed by atoms with Crippen molar-refractivity contribution >= 4 is 5.69 Å². The smallest absolute Gasteiger partial charge is 0.122 e. The van der Waals surface area contributed by atoms with E-state index >= 15 is 0 Å². The van der Waals surface area contributed by atoms with Crippen LogP contribution in [0.3, 0.4) is 0 Å². The van der Waals surface area contributed by atoms with Gasteiger partial charge in [0.15, 0.2) is 0 Å². The summed E-state index contributed by atoms with van der Waals surface area (Å²) in [5.41, 5.74) is 3.03. The second kappa shape index (κ2) is 6.39. The van der Waals surface area contributed by atoms with Gasteiger partial charge in [0.1, 0.15) is 5.75 Å². The van der Waals surface area contributed by atoms with Crippen LogP contribution < -0.4 is 10.2 Å². The summed E-state index contributed by atoms with van der Waals surface area (Å²) in [5.74, 6) is 0.322. The van der Waals surface area contributed by atoms with Crippen molar-refractivity contribution in [1.82, 2.24) is 10.3 Å². The fraction of sp³-hybridized carbons (Fsp3) is 0.312. The largest absolute Gasteiger partial charge is 0.508 e. The number of nitrogens with zero attached hydrogens (tertiary/aromatic N) is 2. The number of benzene rings is 1. The molecule has 0 radical (unpaired) electrons. The van der Waals surface area contributed by atoms with Gasteiger partial charge in [0.05, 0.1) is 0 Å². The number of hydrogen-bond donors (Lipinski definition) is 2. The predicted octanol–water partition coefficient (Wildman–Crippen LogP) is 2.70. The second-order valence-electron chi connectivity index (χ2n) is 4.97. The Morgan fingerprint density at radius 3 is 2.75 bits per heavy atom. The molecule has 0 saturated heterocycles. The van der Waals surface area contributed by atoms with Crippen LogP contribution in [0.1, 0.15) is 24.1 Å². The molecule has 0 fully saturated rings. The van der Waals surface area contributed by atoms with E-state index in [9.17, 15) is 5.11 Å². The van der Waals surface area contributed by atoms with Crippen molar-refractivity contribution in [2.45, 2.75) is 19.5 Å². The first-order valence-corrected chi connectivity index (χ1v) is 6.72. The van der Waals surface area contributed by atoms with Crippen LogP contribution in [0.5, 0.6) is 5.75 Å². The molecule has 1 aromatic heterocycles. The molecule has 106 valence electrons. The lowest BCUT2D eigenvalue weighted by atomic mass is 10.1. The molecule has 0 amide bonds. The zero-order valence-corrected chi connectivity index (χ0v) is 12.2. The van der Waals surface area contributed by atoms with Crippen molar-refractivity contribution in [1.29, 1.82) is 0 Å². The highest BCUT2D eigenvalue weighted by molar-refractivity contribution is 5.53. The molecule has 0 spiro atoms. The van der Waals surface area contributed by atoms with Gasteiger partial charge in [-0.15, -0.1) is 0 Å². The van der Waals surface area contributed by atoms with E-state index in [-0.39, 0.29) is 6.04 Å². The SMILES string of the molecule is CNC(C)c1ccc(N(C)Cc2cccnc2)cc1O. The molecule has 4 nitrogen and oxygen atoms in total. The van der Waals surface area contributed by atoms with Crippen LogP contribution in [0.4, 0.5) is 5.69 Å². The van der Waals surface area contributed by atoms with E-state index in [1.54, 1.807) is 12.3 Å². The first kappa shape index (κ1) is 14.3. The van der Waals surface area contributed by atoms with Crippen molar-refractivity contribution in [3.8, 4) is 5.75 Å². The third kappa shape index (κ3) is 3.27. The average molecular weight is 271 g/mol. The molecule has 2 rings (SSSR count). The number of hydrogen-bond acceptors (Lipinski definition) is 4. The topological polar surface area (TPSA) is 48.4 Å². The highest BCUT2D eigenvalue weighted by Gasteiger charge is 2.10. The van der Waals surface area contributed by atoms with E-state index in [0.717, 1.165) is 23.4 Å². The monoisotopic (exact) mass is 271 g/mol. The molecule has 4 heteroatoms. The van der Waals surface area contributed by atoms with Crippen molar-refractivity contribution in [2.75, 3.05) is 19.0 Å². The van der Waals surface area contributed by atoms with Crippen molar-refractivity contribution in [3.63, 3.8) is 0 Å². The molecule has 1 unspecified atom stereocenters. The van der Waals surface area contributed by atoms with E-state index in [1.165, 1.54) is 0 Å². The van der Waals surface area contributed by atoms with E-state index in [1.807, 2.05) is 51.5 Å². The number of aromatic hydroxyl groups is 1. The first-order chi connectivity index (χ1) is 9.61. The number of nitrogens with one attached hydrogen (secondary N) is 1. The normalized spacial score (nSPS) is 12.2. The van der Waals surface area contributed by atoms with Gasteiger partial charge in [-0.2, -0.15) is 0 Å². The summed E-state index contributed by atoms with van der Waals surface area (Å²) >= 11 is 0. The lowest BCUT2D eigenvalue weighted by Crippen LogP contribution is -2.17. The van der Waals surface area contributed by atoms with E-state index < -0.39 is 0 Å². The second-order valence-corrected chi connectivity index (χ2v) is 4.97. The molecule has 0 bridgehead atoms. The maximum atomic E-state index is 10.1. The van der Waals surface area contributed by atoms with Crippen LogP contribution in [0.2, 0.25) is 0 Å². The molecule has 2 N–H and O–H groups in total. The van der Waals surface area contributed by atoms with Crippen molar-refractivity contribution in [2.24, 2.45) is 0 Å². The van der Waals surface area contributed by atoms with Gasteiger partial charge in [0, 0.05) is 49.3 Å². The van der Waals surface area contributed by atoms with Crippen LogP contribution in [0, 0.1) is 0 Å². The average Bonchev–Trinajstić information content (AvgIpc) is 2.47. The zero-order chi connectivity index (χ0) is 14.5. The number of phenols is 1. The fourth-order valence-electron chi connectivity index (χ4n) is 2.15. The minimum Gasteiger partial charge on any atom is -0.508 e. The van der Waals surface area contributed by atoms with Gasteiger partial charge in [-0.05, 0) is 31.7 Å². The maximum absolute atomic E-state index is 10.1. The summed E-state index contributed by atoms with van der Waals surface area (Å²) in [5, 5.41) is 13.3. The Kier molecular flexibility index (Phi) is 4.58. The predicted molar refractivity (Wildman–Crippen MR) is 81.9 cm³/mol. The van der Waals surface area contributed by atoms with Crippen LogP contribution in [0.25, 0.3) is 0 Å². The molecule has 1 heterocycles. The maximum Gasteiger partial charge on any atom is 0.122 e. The number of aromatic nitrogens is 1. The first-order valence-electron chi connectivity index (χ1n) is 6.72. The minimum atomic E-state index is 0.132. The van der Waals surface area contributed by atoms with Gasteiger partial charge < -0.3 is 15.3 Å². The molecule has 2 aromatic rings. The summed E-state index contributed by atoms with van der Waals surface area (Å²) in [7, 11) is 3.88. The van der Waals surface area contributed by atoms with Gasteiger partial charge in [-0.3, -0.25) is 4.98 Å². The van der Waals surface area contributed by atoms with E-state index in [0.29, 0.717) is 5.75 Å². The molecule has 0 aliphatic heterocycles. The number of phenolic OH excluding ortho intramolecular Hbond substituents is 1. The van der Waals surface area contributed by atoms with Gasteiger partial charge in [0.25, 0.3) is 0 Å². The van der Waals surface area contributed by atoms with Crippen LogP contribution in [0.15, 0.2) is 42.7 Å². The summed E-state index contributed by atoms with van der Waals surface area (Å²) in [4.78, 5) is 6.20. The van der Waals surface area contributed by atoms with Crippen molar-refractivity contribution < 1.29 is 5.11 Å². The number of pyridine rings is 1. The van der Waals surface area contributed by atoms with E-state index in [4.69, 9.17) is 0 Å². The molecular weight excluding hydrogens is 250 g/mol. The molecule has 20 heavy (non-hydrogen) atoms. The molecule has 0 aliphatic carbocycles. The third-order valence-electron chi connectivity index (χ3n) is 3.50. The standard InChI is InChI=1S/C16H21N3O/c1-12(17-2)15-7-6-14(9-16(15)20)19(3)11-13-5-4-8-18-10-13/h4-10,12,17,20H,11H2,1-3H3. The Balaban J connectivity index is 2.15. The van der Waals surface area contributed by atoms with Gasteiger partial charge in [-0.1, -0.05) is 12.1 Å². The van der Waals surface area contributed by atoms with Crippen molar-refractivity contribution in [3.05, 3.63) is 53.9 Å². The van der Waals surface area contributed by atoms with Gasteiger partial charge in [-0.25, -0.2) is 0 Å². The van der Waals surface area contributed by atoms with Crippen LogP contribution in [-0.4, -0.2) is 24.2 Å². The Morgan fingerprint density at radius 2 is 2.15 bits per heavy atom. The Hall–Kier alpha value is -2.07. The quantitative estimate of drug-likeness (QED) is 0.878. The molecule has 1 aromatic carbocycles. The van der Waals surface area contributed by atoms with Crippen LogP contribution >= 0.6 is 0 Å². The van der Waals surface area contributed by atoms with Crippen LogP contribution in [-0.2, 0) is 6.54 Å². The molecular formula is C16H21N3O. The highest BCUT2D eigenvalue weighted by atomic mass is 16.3. The lowest BCUT2D eigenvalue weighted by Gasteiger charge is -2.21. The highest BCUT2D eigenvalue weighted by Crippen LogP contribution is 2.28. The molecule has 1 atom stereocenters. The molecule has 0 saturated carbocycles. The number of rotatable bonds is 5. The summed E-state index contributed by atoms with van der Waals surface area (Å²) in [6.07, 6.45) is 3.62. The third-order valence-corrected chi connectivity index (χ3v) is 3.50. The van der Waals surface area contributed by atoms with E-state index in [2.05, 4.69) is 15.2 Å². The Bertz CT molecular complexity index is 557. The minimum absolute atomic E-state index is 0.132. The summed E-state index contributed by atoms with van der Waals surface area (Å²) in [6, 6.07) is 9.90. The summed E-state index contributed by atoms with van der Waals surface area (Å²) < 4.78 is 0.